The number of aromatic hydroxyl groups is 1. The van der Waals surface area contributed by atoms with Gasteiger partial charge >= 0.3 is 0 Å². The Morgan fingerprint density at radius 3 is 2.50 bits per heavy atom. The van der Waals surface area contributed by atoms with Gasteiger partial charge in [-0.15, -0.1) is 0 Å². The number of unbranched alkanes of at least 4 members (excludes halogenated alkanes) is 1. The van der Waals surface area contributed by atoms with E-state index in [9.17, 15) is 9.90 Å². The van der Waals surface area contributed by atoms with Crippen molar-refractivity contribution in [3.05, 3.63) is 29.8 Å². The van der Waals surface area contributed by atoms with Crippen molar-refractivity contribution in [3.8, 4) is 5.75 Å². The zero-order valence-corrected chi connectivity index (χ0v) is 10.7. The van der Waals surface area contributed by atoms with Crippen molar-refractivity contribution in [2.45, 2.75) is 31.6 Å². The van der Waals surface area contributed by atoms with Crippen molar-refractivity contribution < 1.29 is 9.90 Å². The van der Waals surface area contributed by atoms with Gasteiger partial charge in [0.15, 0.2) is 0 Å². The molecule has 0 atom stereocenters. The van der Waals surface area contributed by atoms with Crippen LogP contribution >= 0.6 is 0 Å². The minimum absolute atomic E-state index is 0.338. The van der Waals surface area contributed by atoms with Gasteiger partial charge in [0.1, 0.15) is 12.0 Å². The van der Waals surface area contributed by atoms with Crippen molar-refractivity contribution in [3.63, 3.8) is 0 Å². The fourth-order valence-electron chi connectivity index (χ4n) is 2.63. The first kappa shape index (κ1) is 13.1. The van der Waals surface area contributed by atoms with Crippen LogP contribution in [0.1, 0.15) is 37.2 Å². The van der Waals surface area contributed by atoms with Crippen LogP contribution in [0.3, 0.4) is 0 Å². The molecule has 1 heterocycles. The van der Waals surface area contributed by atoms with Crippen molar-refractivity contribution in [1.29, 1.82) is 0 Å². The molecule has 0 aromatic heterocycles. The lowest BCUT2D eigenvalue weighted by atomic mass is 9.89. The highest BCUT2D eigenvalue weighted by atomic mass is 16.3. The molecule has 3 heteroatoms. The van der Waals surface area contributed by atoms with Crippen LogP contribution in [0.2, 0.25) is 0 Å². The number of rotatable bonds is 5. The Morgan fingerprint density at radius 2 is 1.89 bits per heavy atom. The second-order valence-electron chi connectivity index (χ2n) is 5.02. The Kier molecular flexibility index (Phi) is 4.76. The van der Waals surface area contributed by atoms with E-state index in [1.165, 1.54) is 18.4 Å². The summed E-state index contributed by atoms with van der Waals surface area (Å²) in [4.78, 5) is 12.7. The molecule has 0 amide bonds. The summed E-state index contributed by atoms with van der Waals surface area (Å²) in [5.41, 5.74) is 1.33. The molecule has 0 spiro atoms. The first-order chi connectivity index (χ1) is 8.79. The van der Waals surface area contributed by atoms with E-state index < -0.39 is 0 Å². The summed E-state index contributed by atoms with van der Waals surface area (Å²) in [5, 5.41) is 9.28. The molecule has 1 N–H and O–H groups in total. The number of hydrogen-bond donors (Lipinski definition) is 1. The molecule has 98 valence electrons. The highest BCUT2D eigenvalue weighted by Gasteiger charge is 2.19. The summed E-state index contributed by atoms with van der Waals surface area (Å²) in [7, 11) is 0. The lowest BCUT2D eigenvalue weighted by Gasteiger charge is -2.32. The predicted octanol–water partition coefficient (Wildman–Crippen LogP) is 2.55. The molecular weight excluding hydrogens is 226 g/mol. The predicted molar refractivity (Wildman–Crippen MR) is 71.8 cm³/mol. The van der Waals surface area contributed by atoms with E-state index in [0.717, 1.165) is 32.3 Å². The summed E-state index contributed by atoms with van der Waals surface area (Å²) in [6.45, 7) is 3.27. The smallest absolute Gasteiger partial charge is 0.120 e. The average molecular weight is 247 g/mol. The number of nitrogens with zero attached hydrogens (tertiary/aromatic N) is 1. The fraction of sp³-hybridized carbons (Fsp3) is 0.533. The van der Waals surface area contributed by atoms with Crippen molar-refractivity contribution in [2.24, 2.45) is 0 Å². The first-order valence-electron chi connectivity index (χ1n) is 6.74. The van der Waals surface area contributed by atoms with Crippen LogP contribution in [-0.4, -0.2) is 35.9 Å². The second-order valence-corrected chi connectivity index (χ2v) is 5.02. The van der Waals surface area contributed by atoms with E-state index in [0.29, 0.717) is 18.1 Å². The lowest BCUT2D eigenvalue weighted by Crippen LogP contribution is -2.33. The quantitative estimate of drug-likeness (QED) is 0.642. The van der Waals surface area contributed by atoms with E-state index >= 15 is 0 Å². The van der Waals surface area contributed by atoms with Gasteiger partial charge in [-0.3, -0.25) is 0 Å². The largest absolute Gasteiger partial charge is 0.508 e. The average Bonchev–Trinajstić information content (AvgIpc) is 2.41. The number of aldehydes is 1. The molecule has 1 saturated heterocycles. The Morgan fingerprint density at radius 1 is 1.22 bits per heavy atom. The summed E-state index contributed by atoms with van der Waals surface area (Å²) in [6, 6.07) is 7.60. The van der Waals surface area contributed by atoms with Crippen LogP contribution in [-0.2, 0) is 4.79 Å². The number of piperidine rings is 1. The van der Waals surface area contributed by atoms with Crippen molar-refractivity contribution >= 4 is 6.29 Å². The first-order valence-corrected chi connectivity index (χ1v) is 6.74. The Bertz CT molecular complexity index is 367. The summed E-state index contributed by atoms with van der Waals surface area (Å²) in [6.07, 6.45) is 5.01. The number of carbonyl (C=O) groups is 1. The molecule has 2 rings (SSSR count). The van der Waals surface area contributed by atoms with Gasteiger partial charge in [-0.1, -0.05) is 12.1 Å². The number of benzene rings is 1. The third kappa shape index (κ3) is 3.57. The van der Waals surface area contributed by atoms with Crippen LogP contribution in [0, 0.1) is 0 Å². The van der Waals surface area contributed by atoms with Crippen LogP contribution in [0.15, 0.2) is 24.3 Å². The van der Waals surface area contributed by atoms with Gasteiger partial charge in [-0.05, 0) is 62.5 Å². The maximum absolute atomic E-state index is 10.3. The highest BCUT2D eigenvalue weighted by molar-refractivity contribution is 5.49. The van der Waals surface area contributed by atoms with Gasteiger partial charge in [-0.2, -0.15) is 0 Å². The highest BCUT2D eigenvalue weighted by Crippen LogP contribution is 2.28. The summed E-state index contributed by atoms with van der Waals surface area (Å²) < 4.78 is 0. The number of carbonyl (C=O) groups excluding carboxylic acids is 1. The lowest BCUT2D eigenvalue weighted by molar-refractivity contribution is -0.108. The van der Waals surface area contributed by atoms with E-state index in [-0.39, 0.29) is 0 Å². The minimum Gasteiger partial charge on any atom is -0.508 e. The molecule has 0 saturated carbocycles. The molecular formula is C15H21NO2. The Labute approximate surface area is 108 Å². The van der Waals surface area contributed by atoms with Crippen LogP contribution in [0.25, 0.3) is 0 Å². The van der Waals surface area contributed by atoms with Crippen LogP contribution in [0.5, 0.6) is 5.75 Å². The maximum Gasteiger partial charge on any atom is 0.120 e. The third-order valence-electron chi connectivity index (χ3n) is 3.75. The Hall–Kier alpha value is -1.35. The van der Waals surface area contributed by atoms with Crippen molar-refractivity contribution in [1.82, 2.24) is 4.90 Å². The number of hydrogen-bond acceptors (Lipinski definition) is 3. The van der Waals surface area contributed by atoms with E-state index in [2.05, 4.69) is 4.90 Å². The van der Waals surface area contributed by atoms with Gasteiger partial charge in [0, 0.05) is 6.42 Å². The Balaban J connectivity index is 1.79. The van der Waals surface area contributed by atoms with E-state index in [4.69, 9.17) is 0 Å². The molecule has 1 fully saturated rings. The van der Waals surface area contributed by atoms with Crippen LogP contribution < -0.4 is 0 Å². The molecule has 18 heavy (non-hydrogen) atoms. The molecule has 0 aliphatic carbocycles. The number of phenols is 1. The van der Waals surface area contributed by atoms with Gasteiger partial charge in [0.05, 0.1) is 0 Å². The van der Waals surface area contributed by atoms with Gasteiger partial charge < -0.3 is 14.8 Å². The SMILES string of the molecule is O=CCCCN1CCC(c2ccc(O)cc2)CC1. The molecule has 0 bridgehead atoms. The monoisotopic (exact) mass is 247 g/mol. The van der Waals surface area contributed by atoms with Gasteiger partial charge in [0.2, 0.25) is 0 Å². The molecule has 1 aliphatic rings. The van der Waals surface area contributed by atoms with Gasteiger partial charge in [-0.25, -0.2) is 0 Å². The third-order valence-corrected chi connectivity index (χ3v) is 3.75. The zero-order chi connectivity index (χ0) is 12.8. The maximum atomic E-state index is 10.3. The molecule has 1 aliphatic heterocycles. The standard InChI is InChI=1S/C15H21NO2/c17-12-2-1-9-16-10-7-14(8-11-16)13-3-5-15(18)6-4-13/h3-6,12,14,18H,1-2,7-11H2. The topological polar surface area (TPSA) is 40.5 Å². The second kappa shape index (κ2) is 6.55. The summed E-state index contributed by atoms with van der Waals surface area (Å²) >= 11 is 0. The zero-order valence-electron chi connectivity index (χ0n) is 10.7. The molecule has 1 aromatic rings. The van der Waals surface area contributed by atoms with E-state index in [1.54, 1.807) is 12.1 Å². The van der Waals surface area contributed by atoms with Crippen molar-refractivity contribution in [2.75, 3.05) is 19.6 Å². The normalized spacial score (nSPS) is 17.8. The molecule has 3 nitrogen and oxygen atoms in total. The molecule has 0 unspecified atom stereocenters. The number of likely N-dealkylation sites (tertiary alicyclic amines) is 1. The van der Waals surface area contributed by atoms with Crippen LogP contribution in [0.4, 0.5) is 0 Å². The van der Waals surface area contributed by atoms with E-state index in [1.807, 2.05) is 12.1 Å². The van der Waals surface area contributed by atoms with Gasteiger partial charge in [0.25, 0.3) is 0 Å². The molecule has 1 aromatic carbocycles. The fourth-order valence-corrected chi connectivity index (χ4v) is 2.63. The minimum atomic E-state index is 0.338. The number of phenolic OH excluding ortho intramolecular Hbond substituents is 1. The summed E-state index contributed by atoms with van der Waals surface area (Å²) in [5.74, 6) is 0.956. The molecule has 0 radical (unpaired) electrons.